The lowest BCUT2D eigenvalue weighted by atomic mass is 9.43. The molecule has 0 aromatic rings. The third-order valence-corrected chi connectivity index (χ3v) is 10.6. The molecule has 4 rings (SSSR count). The van der Waals surface area contributed by atoms with Crippen molar-refractivity contribution in [2.45, 2.75) is 96.9 Å². The van der Waals surface area contributed by atoms with Crippen molar-refractivity contribution in [3.05, 3.63) is 0 Å². The van der Waals surface area contributed by atoms with Gasteiger partial charge in [-0.3, -0.25) is 0 Å². The highest BCUT2D eigenvalue weighted by Gasteiger charge is 2.65. The van der Waals surface area contributed by atoms with Crippen molar-refractivity contribution in [3.63, 3.8) is 0 Å². The van der Waals surface area contributed by atoms with Crippen LogP contribution in [0, 0.1) is 46.3 Å². The van der Waals surface area contributed by atoms with Gasteiger partial charge < -0.3 is 20.6 Å². The average molecular weight is 408 g/mol. The lowest BCUT2D eigenvalue weighted by Gasteiger charge is -2.63. The molecule has 4 fully saturated rings. The predicted molar refractivity (Wildman–Crippen MR) is 116 cm³/mol. The van der Waals surface area contributed by atoms with E-state index in [-0.39, 0.29) is 29.1 Å². The van der Waals surface area contributed by atoms with Gasteiger partial charge in [0.05, 0.1) is 18.3 Å². The molecule has 0 aliphatic heterocycles. The maximum atomic E-state index is 11.6. The minimum absolute atomic E-state index is 0.0570. The van der Waals surface area contributed by atoms with E-state index in [1.54, 1.807) is 0 Å². The topological polar surface area (TPSA) is 72.7 Å². The predicted octanol–water partition coefficient (Wildman–Crippen LogP) is 3.58. The minimum Gasteiger partial charge on any atom is -0.393 e. The zero-order valence-electron chi connectivity index (χ0n) is 19.1. The van der Waals surface area contributed by atoms with Crippen LogP contribution in [0.25, 0.3) is 0 Å². The number of aliphatic hydroxyl groups excluding tert-OH is 3. The second-order valence-corrected chi connectivity index (χ2v) is 11.7. The summed E-state index contributed by atoms with van der Waals surface area (Å²) in [6, 6.07) is 0. The molecule has 0 aromatic carbocycles. The standard InChI is InChI=1S/C25H45NO3/c1-15(6-5-11-26-4)18-7-8-19-23-20(14-22(29)25(18,19)3)24(2)10-9-17(27)12-16(24)13-21(23)28/h15-23,26-29H,5-14H2,1-4H3/t15-,16?,17+,18?,19-,20-,21+,22-,23?,24-,25+/m0/s1. The average Bonchev–Trinajstić information content (AvgIpc) is 3.03. The van der Waals surface area contributed by atoms with Gasteiger partial charge in [0.25, 0.3) is 0 Å². The molecule has 4 aliphatic rings. The fraction of sp³-hybridized carbons (Fsp3) is 1.00. The van der Waals surface area contributed by atoms with Crippen LogP contribution in [0.2, 0.25) is 0 Å². The van der Waals surface area contributed by atoms with Crippen molar-refractivity contribution in [2.24, 2.45) is 46.3 Å². The van der Waals surface area contributed by atoms with Crippen molar-refractivity contribution in [1.29, 1.82) is 0 Å². The molecular formula is C25H45NO3. The van der Waals surface area contributed by atoms with Crippen molar-refractivity contribution in [3.8, 4) is 0 Å². The molecule has 11 atom stereocenters. The molecule has 4 aliphatic carbocycles. The highest BCUT2D eigenvalue weighted by molar-refractivity contribution is 5.14. The molecule has 4 nitrogen and oxygen atoms in total. The lowest BCUT2D eigenvalue weighted by molar-refractivity contribution is -0.207. The zero-order valence-corrected chi connectivity index (χ0v) is 19.1. The third-order valence-electron chi connectivity index (χ3n) is 10.6. The lowest BCUT2D eigenvalue weighted by Crippen LogP contribution is -2.62. The molecule has 3 unspecified atom stereocenters. The number of hydrogen-bond acceptors (Lipinski definition) is 4. The van der Waals surface area contributed by atoms with E-state index >= 15 is 0 Å². The van der Waals surface area contributed by atoms with Gasteiger partial charge in [0.15, 0.2) is 0 Å². The van der Waals surface area contributed by atoms with Crippen LogP contribution in [-0.4, -0.2) is 47.2 Å². The Labute approximate surface area is 177 Å². The van der Waals surface area contributed by atoms with Crippen LogP contribution >= 0.6 is 0 Å². The normalized spacial score (nSPS) is 53.1. The molecule has 4 N–H and O–H groups in total. The largest absolute Gasteiger partial charge is 0.393 e. The Kier molecular flexibility index (Phi) is 6.14. The molecule has 0 heterocycles. The molecule has 0 spiro atoms. The number of fused-ring (bicyclic) bond motifs is 5. The summed E-state index contributed by atoms with van der Waals surface area (Å²) in [5, 5.41) is 36.4. The summed E-state index contributed by atoms with van der Waals surface area (Å²) in [6.45, 7) is 8.23. The van der Waals surface area contributed by atoms with Gasteiger partial charge in [-0.05, 0) is 118 Å². The first-order valence-electron chi connectivity index (χ1n) is 12.4. The van der Waals surface area contributed by atoms with Crippen molar-refractivity contribution < 1.29 is 15.3 Å². The smallest absolute Gasteiger partial charge is 0.0602 e. The quantitative estimate of drug-likeness (QED) is 0.526. The second kappa shape index (κ2) is 8.07. The van der Waals surface area contributed by atoms with E-state index in [2.05, 4.69) is 26.1 Å². The molecule has 4 heteroatoms. The van der Waals surface area contributed by atoms with E-state index in [0.29, 0.717) is 35.5 Å². The van der Waals surface area contributed by atoms with Gasteiger partial charge in [-0.15, -0.1) is 0 Å². The van der Waals surface area contributed by atoms with Crippen LogP contribution in [-0.2, 0) is 0 Å². The maximum Gasteiger partial charge on any atom is 0.0602 e. The molecule has 0 saturated heterocycles. The summed E-state index contributed by atoms with van der Waals surface area (Å²) in [7, 11) is 2.02. The summed E-state index contributed by atoms with van der Waals surface area (Å²) in [5.74, 6) is 2.75. The second-order valence-electron chi connectivity index (χ2n) is 11.7. The monoisotopic (exact) mass is 407 g/mol. The Morgan fingerprint density at radius 1 is 1.00 bits per heavy atom. The van der Waals surface area contributed by atoms with E-state index in [0.717, 1.165) is 45.1 Å². The molecule has 0 aromatic heterocycles. The number of aliphatic hydroxyl groups is 3. The van der Waals surface area contributed by atoms with Crippen LogP contribution in [0.1, 0.15) is 78.6 Å². The Morgan fingerprint density at radius 2 is 1.76 bits per heavy atom. The third kappa shape index (κ3) is 3.41. The maximum absolute atomic E-state index is 11.6. The van der Waals surface area contributed by atoms with Gasteiger partial charge in [-0.25, -0.2) is 0 Å². The Hall–Kier alpha value is -0.160. The molecule has 4 saturated carbocycles. The van der Waals surface area contributed by atoms with E-state index in [4.69, 9.17) is 0 Å². The van der Waals surface area contributed by atoms with Gasteiger partial charge in [0.1, 0.15) is 0 Å². The van der Waals surface area contributed by atoms with E-state index in [1.165, 1.54) is 19.3 Å². The molecule has 0 bridgehead atoms. The van der Waals surface area contributed by atoms with E-state index in [9.17, 15) is 15.3 Å². The Morgan fingerprint density at radius 3 is 2.48 bits per heavy atom. The van der Waals surface area contributed by atoms with Crippen LogP contribution in [0.3, 0.4) is 0 Å². The van der Waals surface area contributed by atoms with Gasteiger partial charge in [-0.2, -0.15) is 0 Å². The summed E-state index contributed by atoms with van der Waals surface area (Å²) < 4.78 is 0. The summed E-state index contributed by atoms with van der Waals surface area (Å²) in [5.41, 5.74) is 0.112. The first-order chi connectivity index (χ1) is 13.7. The molecular weight excluding hydrogens is 362 g/mol. The number of hydrogen-bond donors (Lipinski definition) is 4. The van der Waals surface area contributed by atoms with Crippen molar-refractivity contribution in [2.75, 3.05) is 13.6 Å². The van der Waals surface area contributed by atoms with Gasteiger partial charge in [0, 0.05) is 0 Å². The zero-order chi connectivity index (χ0) is 21.0. The summed E-state index contributed by atoms with van der Waals surface area (Å²) in [4.78, 5) is 0. The SMILES string of the molecule is CNCCC[C@H](C)C1CC[C@H]2C3[C@H](O)CC4C[C@H](O)CC[C@]4(C)[C@H]3C[C@H](O)[C@]12C. The van der Waals surface area contributed by atoms with Crippen LogP contribution in [0.5, 0.6) is 0 Å². The molecule has 0 radical (unpaired) electrons. The Bertz CT molecular complexity index is 584. The van der Waals surface area contributed by atoms with Crippen LogP contribution < -0.4 is 5.32 Å². The van der Waals surface area contributed by atoms with Gasteiger partial charge in [-0.1, -0.05) is 20.8 Å². The van der Waals surface area contributed by atoms with Crippen LogP contribution in [0.15, 0.2) is 0 Å². The van der Waals surface area contributed by atoms with E-state index in [1.807, 2.05) is 7.05 Å². The van der Waals surface area contributed by atoms with Crippen LogP contribution in [0.4, 0.5) is 0 Å². The minimum atomic E-state index is -0.265. The molecule has 168 valence electrons. The Balaban J connectivity index is 1.58. The fourth-order valence-corrected chi connectivity index (χ4v) is 8.93. The highest BCUT2D eigenvalue weighted by Crippen LogP contribution is 2.68. The van der Waals surface area contributed by atoms with E-state index < -0.39 is 0 Å². The van der Waals surface area contributed by atoms with Gasteiger partial charge in [0.2, 0.25) is 0 Å². The number of nitrogens with one attached hydrogen (secondary N) is 1. The first-order valence-corrected chi connectivity index (χ1v) is 12.4. The number of rotatable bonds is 5. The van der Waals surface area contributed by atoms with Crippen molar-refractivity contribution >= 4 is 0 Å². The van der Waals surface area contributed by atoms with Crippen molar-refractivity contribution in [1.82, 2.24) is 5.32 Å². The first kappa shape index (κ1) is 22.0. The highest BCUT2D eigenvalue weighted by atomic mass is 16.3. The summed E-state index contributed by atoms with van der Waals surface area (Å²) >= 11 is 0. The summed E-state index contributed by atoms with van der Waals surface area (Å²) in [6.07, 6.45) is 8.51. The van der Waals surface area contributed by atoms with Gasteiger partial charge >= 0.3 is 0 Å². The fourth-order valence-electron chi connectivity index (χ4n) is 8.93. The molecule has 29 heavy (non-hydrogen) atoms. The molecule has 0 amide bonds.